The summed E-state index contributed by atoms with van der Waals surface area (Å²) in [6.07, 6.45) is 0.677. The molecule has 15 heavy (non-hydrogen) atoms. The van der Waals surface area contributed by atoms with Crippen LogP contribution in [0.1, 0.15) is 5.56 Å². The molecule has 0 aromatic heterocycles. The van der Waals surface area contributed by atoms with E-state index in [1.54, 1.807) is 7.11 Å². The van der Waals surface area contributed by atoms with Gasteiger partial charge in [-0.1, -0.05) is 6.07 Å². The van der Waals surface area contributed by atoms with E-state index >= 15 is 0 Å². The van der Waals surface area contributed by atoms with E-state index in [0.717, 1.165) is 5.56 Å². The average Bonchev–Trinajstić information content (AvgIpc) is 2.73. The molecule has 0 unspecified atom stereocenters. The van der Waals surface area contributed by atoms with Crippen molar-refractivity contribution in [2.24, 2.45) is 5.90 Å². The molecule has 0 radical (unpaired) electrons. The molecule has 0 saturated carbocycles. The van der Waals surface area contributed by atoms with E-state index in [1.165, 1.54) is 0 Å². The number of methoxy groups -OCH3 is 1. The molecule has 0 aliphatic carbocycles. The number of rotatable bonds is 4. The lowest BCUT2D eigenvalue weighted by Crippen LogP contribution is -2.05. The molecule has 1 aromatic rings. The Labute approximate surface area is 87.6 Å². The van der Waals surface area contributed by atoms with Crippen LogP contribution < -0.4 is 20.1 Å². The number of hydrogen-bond acceptors (Lipinski definition) is 5. The van der Waals surface area contributed by atoms with Crippen molar-refractivity contribution in [2.45, 2.75) is 6.42 Å². The number of ether oxygens (including phenoxy) is 3. The van der Waals surface area contributed by atoms with Crippen LogP contribution in [-0.4, -0.2) is 20.5 Å². The first-order valence-electron chi connectivity index (χ1n) is 4.64. The maximum absolute atomic E-state index is 5.32. The summed E-state index contributed by atoms with van der Waals surface area (Å²) in [6, 6.07) is 3.78. The van der Waals surface area contributed by atoms with Gasteiger partial charge in [0.15, 0.2) is 11.5 Å². The fraction of sp³-hybridized carbons (Fsp3) is 0.400. The third-order valence-electron chi connectivity index (χ3n) is 2.27. The Morgan fingerprint density at radius 2 is 2.27 bits per heavy atom. The van der Waals surface area contributed by atoms with Crippen molar-refractivity contribution in [2.75, 3.05) is 20.5 Å². The van der Waals surface area contributed by atoms with Crippen LogP contribution in [0, 0.1) is 0 Å². The molecule has 5 nitrogen and oxygen atoms in total. The van der Waals surface area contributed by atoms with Crippen molar-refractivity contribution in [1.82, 2.24) is 0 Å². The summed E-state index contributed by atoms with van der Waals surface area (Å²) in [7, 11) is 1.60. The van der Waals surface area contributed by atoms with Crippen LogP contribution in [0.3, 0.4) is 0 Å². The summed E-state index contributed by atoms with van der Waals surface area (Å²) in [6.45, 7) is 0.679. The Hall–Kier alpha value is -1.46. The van der Waals surface area contributed by atoms with Gasteiger partial charge in [-0.15, -0.1) is 0 Å². The van der Waals surface area contributed by atoms with Crippen molar-refractivity contribution >= 4 is 0 Å². The maximum atomic E-state index is 5.32. The fourth-order valence-electron chi connectivity index (χ4n) is 1.58. The molecule has 5 heteroatoms. The summed E-state index contributed by atoms with van der Waals surface area (Å²) in [4.78, 5) is 4.54. The molecule has 0 atom stereocenters. The topological polar surface area (TPSA) is 62.9 Å². The van der Waals surface area contributed by atoms with Gasteiger partial charge < -0.3 is 19.0 Å². The van der Waals surface area contributed by atoms with E-state index in [-0.39, 0.29) is 6.79 Å². The Kier molecular flexibility index (Phi) is 2.94. The summed E-state index contributed by atoms with van der Waals surface area (Å²) >= 11 is 0. The van der Waals surface area contributed by atoms with Crippen molar-refractivity contribution < 1.29 is 19.0 Å². The second kappa shape index (κ2) is 4.37. The van der Waals surface area contributed by atoms with Crippen molar-refractivity contribution in [3.8, 4) is 17.2 Å². The summed E-state index contributed by atoms with van der Waals surface area (Å²) in [5.41, 5.74) is 0.993. The van der Waals surface area contributed by atoms with Gasteiger partial charge in [0.1, 0.15) is 0 Å². The van der Waals surface area contributed by atoms with Crippen LogP contribution in [-0.2, 0) is 11.3 Å². The third kappa shape index (κ3) is 1.84. The van der Waals surface area contributed by atoms with E-state index in [0.29, 0.717) is 30.3 Å². The Bertz CT molecular complexity index is 354. The number of nitrogens with two attached hydrogens (primary N) is 1. The first-order valence-corrected chi connectivity index (χ1v) is 4.64. The molecular weight excluding hydrogens is 198 g/mol. The molecule has 0 saturated heterocycles. The highest BCUT2D eigenvalue weighted by Crippen LogP contribution is 2.43. The summed E-state index contributed by atoms with van der Waals surface area (Å²) < 4.78 is 15.8. The van der Waals surface area contributed by atoms with Crippen LogP contribution in [0.15, 0.2) is 12.1 Å². The highest BCUT2D eigenvalue weighted by molar-refractivity contribution is 5.56. The SMILES string of the molecule is COc1c(CCON)ccc2c1OCO2. The van der Waals surface area contributed by atoms with Crippen LogP contribution in [0.25, 0.3) is 0 Å². The number of fused-ring (bicyclic) bond motifs is 1. The number of benzene rings is 1. The molecule has 0 fully saturated rings. The molecule has 2 N–H and O–H groups in total. The highest BCUT2D eigenvalue weighted by atomic mass is 16.7. The third-order valence-corrected chi connectivity index (χ3v) is 2.27. The minimum atomic E-state index is 0.239. The monoisotopic (exact) mass is 211 g/mol. The fourth-order valence-corrected chi connectivity index (χ4v) is 1.58. The Morgan fingerprint density at radius 3 is 3.00 bits per heavy atom. The lowest BCUT2D eigenvalue weighted by atomic mass is 10.1. The second-order valence-corrected chi connectivity index (χ2v) is 3.11. The number of hydrogen-bond donors (Lipinski definition) is 1. The van der Waals surface area contributed by atoms with Crippen LogP contribution in [0.4, 0.5) is 0 Å². The van der Waals surface area contributed by atoms with Crippen molar-refractivity contribution in [1.29, 1.82) is 0 Å². The van der Waals surface area contributed by atoms with E-state index in [4.69, 9.17) is 20.1 Å². The minimum Gasteiger partial charge on any atom is -0.492 e. The molecule has 0 amide bonds. The predicted molar refractivity (Wildman–Crippen MR) is 53.0 cm³/mol. The smallest absolute Gasteiger partial charge is 0.231 e. The first-order chi connectivity index (χ1) is 7.36. The van der Waals surface area contributed by atoms with Gasteiger partial charge in [0.25, 0.3) is 0 Å². The van der Waals surface area contributed by atoms with E-state index < -0.39 is 0 Å². The molecule has 0 spiro atoms. The molecule has 1 aromatic carbocycles. The second-order valence-electron chi connectivity index (χ2n) is 3.11. The largest absolute Gasteiger partial charge is 0.492 e. The Balaban J connectivity index is 2.30. The molecule has 1 aliphatic rings. The molecular formula is C10H13NO4. The predicted octanol–water partition coefficient (Wildman–Crippen LogP) is 0.857. The van der Waals surface area contributed by atoms with Crippen LogP contribution >= 0.6 is 0 Å². The van der Waals surface area contributed by atoms with Gasteiger partial charge in [0.05, 0.1) is 13.7 Å². The highest BCUT2D eigenvalue weighted by Gasteiger charge is 2.21. The standard InChI is InChI=1S/C10H13NO4/c1-12-9-7(4-5-15-11)2-3-8-10(9)14-6-13-8/h2-3H,4-6,11H2,1H3. The van der Waals surface area contributed by atoms with Gasteiger partial charge >= 0.3 is 0 Å². The average molecular weight is 211 g/mol. The zero-order valence-corrected chi connectivity index (χ0v) is 8.49. The molecule has 82 valence electrons. The van der Waals surface area contributed by atoms with E-state index in [2.05, 4.69) is 4.84 Å². The van der Waals surface area contributed by atoms with Crippen molar-refractivity contribution in [3.05, 3.63) is 17.7 Å². The lowest BCUT2D eigenvalue weighted by molar-refractivity contribution is 0.140. The Morgan fingerprint density at radius 1 is 1.40 bits per heavy atom. The maximum Gasteiger partial charge on any atom is 0.231 e. The summed E-state index contributed by atoms with van der Waals surface area (Å²) in [5.74, 6) is 7.05. The molecule has 1 aliphatic heterocycles. The first kappa shape index (κ1) is 10.1. The normalized spacial score (nSPS) is 12.9. The minimum absolute atomic E-state index is 0.239. The van der Waals surface area contributed by atoms with Crippen molar-refractivity contribution in [3.63, 3.8) is 0 Å². The van der Waals surface area contributed by atoms with Gasteiger partial charge in [-0.25, -0.2) is 5.90 Å². The molecule has 1 heterocycles. The van der Waals surface area contributed by atoms with Crippen LogP contribution in [0.2, 0.25) is 0 Å². The van der Waals surface area contributed by atoms with Gasteiger partial charge in [0, 0.05) is 12.0 Å². The quantitative estimate of drug-likeness (QED) is 0.748. The van der Waals surface area contributed by atoms with Gasteiger partial charge in [0.2, 0.25) is 12.5 Å². The van der Waals surface area contributed by atoms with Gasteiger partial charge in [-0.05, 0) is 6.07 Å². The van der Waals surface area contributed by atoms with E-state index in [9.17, 15) is 0 Å². The molecule has 2 rings (SSSR count). The summed E-state index contributed by atoms with van der Waals surface area (Å²) in [5, 5.41) is 0. The van der Waals surface area contributed by atoms with Crippen LogP contribution in [0.5, 0.6) is 17.2 Å². The zero-order valence-electron chi connectivity index (χ0n) is 8.49. The lowest BCUT2D eigenvalue weighted by Gasteiger charge is -2.10. The zero-order chi connectivity index (χ0) is 10.7. The van der Waals surface area contributed by atoms with Gasteiger partial charge in [-0.2, -0.15) is 0 Å². The van der Waals surface area contributed by atoms with E-state index in [1.807, 2.05) is 12.1 Å². The van der Waals surface area contributed by atoms with Gasteiger partial charge in [-0.3, -0.25) is 0 Å². The molecule has 0 bridgehead atoms.